The van der Waals surface area contributed by atoms with Crippen molar-refractivity contribution in [2.24, 2.45) is 0 Å². The first-order chi connectivity index (χ1) is 12.6. The quantitative estimate of drug-likeness (QED) is 0.641. The Kier molecular flexibility index (Phi) is 5.32. The van der Waals surface area contributed by atoms with Crippen molar-refractivity contribution in [2.75, 3.05) is 25.6 Å². The van der Waals surface area contributed by atoms with Crippen LogP contribution in [0.5, 0.6) is 5.88 Å². The van der Waals surface area contributed by atoms with Crippen LogP contribution in [0.15, 0.2) is 42.9 Å². The van der Waals surface area contributed by atoms with Crippen LogP contribution in [0.2, 0.25) is 0 Å². The molecule has 0 saturated heterocycles. The predicted molar refractivity (Wildman–Crippen MR) is 92.9 cm³/mol. The normalized spacial score (nSPS) is 10.4. The van der Waals surface area contributed by atoms with E-state index in [0.717, 1.165) is 5.82 Å². The van der Waals surface area contributed by atoms with E-state index in [-0.39, 0.29) is 24.9 Å². The summed E-state index contributed by atoms with van der Waals surface area (Å²) in [5.41, 5.74) is 0. The Morgan fingerprint density at radius 2 is 2.12 bits per heavy atom. The third-order valence-electron chi connectivity index (χ3n) is 3.31. The van der Waals surface area contributed by atoms with Gasteiger partial charge in [-0.15, -0.1) is 10.2 Å². The molecule has 3 rings (SSSR count). The highest BCUT2D eigenvalue weighted by Crippen LogP contribution is 2.08. The maximum atomic E-state index is 11.9. The van der Waals surface area contributed by atoms with Gasteiger partial charge in [-0.2, -0.15) is 5.10 Å². The van der Waals surface area contributed by atoms with Crippen molar-refractivity contribution in [1.82, 2.24) is 35.3 Å². The molecule has 0 unspecified atom stereocenters. The fourth-order valence-electron chi connectivity index (χ4n) is 2.01. The number of hydrogen-bond donors (Lipinski definition) is 1. The molecule has 0 spiro atoms. The first kappa shape index (κ1) is 17.3. The molecule has 3 aromatic heterocycles. The number of hydrogen-bond acceptors (Lipinski definition) is 8. The molecule has 26 heavy (non-hydrogen) atoms. The number of anilines is 1. The van der Waals surface area contributed by atoms with Crippen LogP contribution in [-0.4, -0.2) is 56.6 Å². The second-order valence-corrected chi connectivity index (χ2v) is 5.47. The average molecular weight is 354 g/mol. The van der Waals surface area contributed by atoms with Crippen LogP contribution in [0.4, 0.5) is 5.82 Å². The molecule has 10 nitrogen and oxygen atoms in total. The lowest BCUT2D eigenvalue weighted by atomic mass is 10.4. The summed E-state index contributed by atoms with van der Waals surface area (Å²) in [6, 6.07) is 6.91. The summed E-state index contributed by atoms with van der Waals surface area (Å²) in [5, 5.41) is 14.7. The van der Waals surface area contributed by atoms with Crippen LogP contribution in [0.3, 0.4) is 0 Å². The number of nitrogens with one attached hydrogen (secondary N) is 1. The minimum atomic E-state index is -0.304. The van der Waals surface area contributed by atoms with Gasteiger partial charge in [0.15, 0.2) is 12.4 Å². The molecule has 0 atom stereocenters. The van der Waals surface area contributed by atoms with Crippen molar-refractivity contribution in [3.05, 3.63) is 48.7 Å². The number of carbonyl (C=O) groups is 1. The van der Waals surface area contributed by atoms with Crippen LogP contribution in [-0.2, 0) is 11.3 Å². The third-order valence-corrected chi connectivity index (χ3v) is 3.31. The van der Waals surface area contributed by atoms with E-state index in [4.69, 9.17) is 4.74 Å². The minimum absolute atomic E-state index is 0.177. The van der Waals surface area contributed by atoms with E-state index in [1.54, 1.807) is 47.5 Å². The molecule has 10 heteroatoms. The summed E-state index contributed by atoms with van der Waals surface area (Å²) >= 11 is 0. The summed E-state index contributed by atoms with van der Waals surface area (Å²) in [5.74, 6) is 1.80. The van der Waals surface area contributed by atoms with E-state index in [0.29, 0.717) is 11.6 Å². The lowest BCUT2D eigenvalue weighted by Crippen LogP contribution is -2.29. The molecule has 0 aromatic carbocycles. The average Bonchev–Trinajstić information content (AvgIpc) is 3.20. The molecule has 134 valence electrons. The monoisotopic (exact) mass is 354 g/mol. The molecular formula is C16H18N8O2. The summed E-state index contributed by atoms with van der Waals surface area (Å²) in [6.45, 7) is 0.0386. The highest BCUT2D eigenvalue weighted by atomic mass is 16.5. The summed E-state index contributed by atoms with van der Waals surface area (Å²) < 4.78 is 6.90. The minimum Gasteiger partial charge on any atom is -0.466 e. The van der Waals surface area contributed by atoms with Gasteiger partial charge < -0.3 is 15.0 Å². The van der Waals surface area contributed by atoms with Crippen molar-refractivity contribution in [3.8, 4) is 11.7 Å². The van der Waals surface area contributed by atoms with Gasteiger partial charge in [0.2, 0.25) is 5.88 Å². The van der Waals surface area contributed by atoms with E-state index in [1.807, 2.05) is 19.0 Å². The smallest absolute Gasteiger partial charge is 0.258 e. The van der Waals surface area contributed by atoms with Crippen molar-refractivity contribution in [3.63, 3.8) is 0 Å². The molecule has 1 amide bonds. The second-order valence-electron chi connectivity index (χ2n) is 5.47. The van der Waals surface area contributed by atoms with Gasteiger partial charge in [0.05, 0.1) is 6.54 Å². The Bertz CT molecular complexity index is 849. The van der Waals surface area contributed by atoms with Crippen molar-refractivity contribution in [1.29, 1.82) is 0 Å². The summed E-state index contributed by atoms with van der Waals surface area (Å²) in [6.07, 6.45) is 5.05. The van der Waals surface area contributed by atoms with Gasteiger partial charge in [0, 0.05) is 38.8 Å². The maximum Gasteiger partial charge on any atom is 0.258 e. The summed E-state index contributed by atoms with van der Waals surface area (Å²) in [7, 11) is 3.77. The molecule has 0 aliphatic rings. The van der Waals surface area contributed by atoms with Gasteiger partial charge in [0.25, 0.3) is 5.91 Å². The molecule has 0 radical (unpaired) electrons. The van der Waals surface area contributed by atoms with Crippen LogP contribution >= 0.6 is 0 Å². The van der Waals surface area contributed by atoms with E-state index in [9.17, 15) is 4.79 Å². The molecule has 0 saturated carbocycles. The molecule has 3 aromatic rings. The molecule has 0 fully saturated rings. The Morgan fingerprint density at radius 1 is 1.23 bits per heavy atom. The van der Waals surface area contributed by atoms with Gasteiger partial charge in [-0.3, -0.25) is 4.79 Å². The van der Waals surface area contributed by atoms with Crippen LogP contribution in [0, 0.1) is 0 Å². The van der Waals surface area contributed by atoms with E-state index in [2.05, 4.69) is 30.6 Å². The van der Waals surface area contributed by atoms with E-state index < -0.39 is 0 Å². The Balaban J connectivity index is 1.47. The lowest BCUT2D eigenvalue weighted by molar-refractivity contribution is -0.123. The number of rotatable bonds is 7. The highest BCUT2D eigenvalue weighted by Gasteiger charge is 2.07. The third kappa shape index (κ3) is 4.50. The zero-order chi connectivity index (χ0) is 18.4. The predicted octanol–water partition coefficient (Wildman–Crippen LogP) is 0.213. The van der Waals surface area contributed by atoms with E-state index >= 15 is 0 Å². The largest absolute Gasteiger partial charge is 0.466 e. The fourth-order valence-corrected chi connectivity index (χ4v) is 2.01. The Labute approximate surface area is 149 Å². The first-order valence-electron chi connectivity index (χ1n) is 7.84. The number of carbonyl (C=O) groups excluding carboxylic acids is 1. The van der Waals surface area contributed by atoms with Crippen LogP contribution in [0.1, 0.15) is 5.82 Å². The molecule has 3 heterocycles. The Morgan fingerprint density at radius 3 is 2.81 bits per heavy atom. The maximum absolute atomic E-state index is 11.9. The lowest BCUT2D eigenvalue weighted by Gasteiger charge is -2.12. The standard InChI is InChI=1S/C16H18N8O2/c1-23(2)13-6-8-17-12(20-13)10-18-15(25)11-26-16-5-4-14(21-22-16)24-9-3-7-19-24/h3-9H,10-11H2,1-2H3,(H,18,25). The molecular weight excluding hydrogens is 336 g/mol. The van der Waals surface area contributed by atoms with Crippen molar-refractivity contribution >= 4 is 11.7 Å². The first-order valence-corrected chi connectivity index (χ1v) is 7.84. The highest BCUT2D eigenvalue weighted by molar-refractivity contribution is 5.77. The topological polar surface area (TPSA) is 111 Å². The van der Waals surface area contributed by atoms with Gasteiger partial charge in [0.1, 0.15) is 11.6 Å². The summed E-state index contributed by atoms with van der Waals surface area (Å²) in [4.78, 5) is 22.2. The molecule has 0 bridgehead atoms. The van der Waals surface area contributed by atoms with Crippen molar-refractivity contribution in [2.45, 2.75) is 6.54 Å². The number of nitrogens with zero attached hydrogens (tertiary/aromatic N) is 7. The van der Waals surface area contributed by atoms with Gasteiger partial charge >= 0.3 is 0 Å². The number of ether oxygens (including phenoxy) is 1. The Hall–Kier alpha value is -3.56. The molecule has 0 aliphatic heterocycles. The SMILES string of the molecule is CN(C)c1ccnc(CNC(=O)COc2ccc(-n3cccn3)nn2)n1. The van der Waals surface area contributed by atoms with Gasteiger partial charge in [-0.05, 0) is 18.2 Å². The van der Waals surface area contributed by atoms with Gasteiger partial charge in [-0.1, -0.05) is 0 Å². The fraction of sp³-hybridized carbons (Fsp3) is 0.250. The van der Waals surface area contributed by atoms with E-state index in [1.165, 1.54) is 0 Å². The number of aromatic nitrogens is 6. The van der Waals surface area contributed by atoms with Crippen LogP contribution in [0.25, 0.3) is 5.82 Å². The molecule has 0 aliphatic carbocycles. The molecule has 1 N–H and O–H groups in total. The van der Waals surface area contributed by atoms with Gasteiger partial charge in [-0.25, -0.2) is 14.6 Å². The second kappa shape index (κ2) is 8.01. The van der Waals surface area contributed by atoms with Crippen molar-refractivity contribution < 1.29 is 9.53 Å². The zero-order valence-electron chi connectivity index (χ0n) is 14.4. The zero-order valence-corrected chi connectivity index (χ0v) is 14.4. The van der Waals surface area contributed by atoms with Crippen LogP contribution < -0.4 is 15.0 Å². The number of amides is 1.